The van der Waals surface area contributed by atoms with E-state index in [1.165, 1.54) is 24.4 Å². The summed E-state index contributed by atoms with van der Waals surface area (Å²) in [6, 6.07) is 18.4. The Morgan fingerprint density at radius 1 is 1.10 bits per heavy atom. The zero-order chi connectivity index (χ0) is 22.0. The molecule has 31 heavy (non-hydrogen) atoms. The lowest BCUT2D eigenvalue weighted by Crippen LogP contribution is -2.54. The predicted molar refractivity (Wildman–Crippen MR) is 111 cm³/mol. The minimum Gasteiger partial charge on any atom is -0.394 e. The summed E-state index contributed by atoms with van der Waals surface area (Å²) in [5.74, 6) is -0.581. The average Bonchev–Trinajstić information content (AvgIpc) is 3.06. The fraction of sp³-hybridized carbons (Fsp3) is 0.227. The average molecular weight is 423 g/mol. The van der Waals surface area contributed by atoms with E-state index in [0.29, 0.717) is 0 Å². The van der Waals surface area contributed by atoms with Crippen molar-refractivity contribution in [3.63, 3.8) is 0 Å². The molecule has 1 saturated heterocycles. The summed E-state index contributed by atoms with van der Waals surface area (Å²) in [5.41, 5.74) is -2.47. The summed E-state index contributed by atoms with van der Waals surface area (Å²) in [5, 5.41) is 34.4. The molecule has 9 heteroatoms. The molecule has 0 saturated carbocycles. The van der Waals surface area contributed by atoms with Crippen LogP contribution < -0.4 is 11.0 Å². The molecule has 0 aliphatic carbocycles. The van der Waals surface area contributed by atoms with Crippen LogP contribution in [0.3, 0.4) is 0 Å². The van der Waals surface area contributed by atoms with Crippen molar-refractivity contribution in [3.05, 3.63) is 89.0 Å². The number of hydrogen-bond acceptors (Lipinski definition) is 8. The van der Waals surface area contributed by atoms with Crippen molar-refractivity contribution in [1.82, 2.24) is 9.55 Å². The summed E-state index contributed by atoms with van der Waals surface area (Å²) >= 11 is 0. The van der Waals surface area contributed by atoms with Crippen LogP contribution >= 0.6 is 0 Å². The Kier molecular flexibility index (Phi) is 5.66. The maximum Gasteiger partial charge on any atom is 0.351 e. The number of rotatable bonds is 6. The van der Waals surface area contributed by atoms with Crippen molar-refractivity contribution >= 4 is 17.3 Å². The van der Waals surface area contributed by atoms with Crippen molar-refractivity contribution in [1.29, 1.82) is 0 Å². The van der Waals surface area contributed by atoms with Gasteiger partial charge in [0.1, 0.15) is 18.0 Å². The highest BCUT2D eigenvalue weighted by atomic mass is 16.6. The molecule has 2 heterocycles. The van der Waals surface area contributed by atoms with Crippen molar-refractivity contribution in [2.24, 2.45) is 0 Å². The first-order chi connectivity index (χ1) is 14.9. The Balaban J connectivity index is 1.71. The molecule has 3 aromatic rings. The van der Waals surface area contributed by atoms with Crippen LogP contribution in [0.4, 0.5) is 11.5 Å². The van der Waals surface area contributed by atoms with Crippen LogP contribution in [0.1, 0.15) is 16.6 Å². The lowest BCUT2D eigenvalue weighted by atomic mass is 9.85. The van der Waals surface area contributed by atoms with Gasteiger partial charge in [0.05, 0.1) is 6.61 Å². The number of hydrogen-bond donors (Lipinski definition) is 4. The van der Waals surface area contributed by atoms with Gasteiger partial charge < -0.3 is 25.4 Å². The smallest absolute Gasteiger partial charge is 0.351 e. The van der Waals surface area contributed by atoms with E-state index >= 15 is 0 Å². The SMILES string of the molecule is O=C(c1ccccc1)[C@]1(O)[C@H](O)[C@@H](CO)O[C@H]1n1ccc(Nc2ccccc2)nc1=O. The third-order valence-corrected chi connectivity index (χ3v) is 5.19. The predicted octanol–water partition coefficient (Wildman–Crippen LogP) is 0.851. The number of aliphatic hydroxyl groups is 3. The Bertz CT molecular complexity index is 1120. The molecule has 4 N–H and O–H groups in total. The van der Waals surface area contributed by atoms with Crippen molar-refractivity contribution < 1.29 is 24.9 Å². The van der Waals surface area contributed by atoms with Gasteiger partial charge in [-0.05, 0) is 18.2 Å². The van der Waals surface area contributed by atoms with Gasteiger partial charge in [0.15, 0.2) is 6.23 Å². The zero-order valence-corrected chi connectivity index (χ0v) is 16.3. The van der Waals surface area contributed by atoms with Crippen molar-refractivity contribution in [2.75, 3.05) is 11.9 Å². The van der Waals surface area contributed by atoms with Crippen LogP contribution in [0.2, 0.25) is 0 Å². The Hall–Kier alpha value is -3.37. The van der Waals surface area contributed by atoms with Gasteiger partial charge in [-0.25, -0.2) is 4.79 Å². The van der Waals surface area contributed by atoms with E-state index in [2.05, 4.69) is 10.3 Å². The van der Waals surface area contributed by atoms with E-state index in [1.54, 1.807) is 30.3 Å². The normalized spacial score (nSPS) is 25.3. The van der Waals surface area contributed by atoms with Crippen LogP contribution in [0.15, 0.2) is 77.7 Å². The first-order valence-electron chi connectivity index (χ1n) is 9.63. The number of benzene rings is 2. The number of carbonyl (C=O) groups excluding carboxylic acids is 1. The minimum absolute atomic E-state index is 0.125. The Morgan fingerprint density at radius 3 is 2.35 bits per heavy atom. The summed E-state index contributed by atoms with van der Waals surface area (Å²) in [4.78, 5) is 29.8. The van der Waals surface area contributed by atoms with Gasteiger partial charge in [0.2, 0.25) is 11.4 Å². The van der Waals surface area contributed by atoms with E-state index in [9.17, 15) is 24.9 Å². The Morgan fingerprint density at radius 2 is 1.74 bits per heavy atom. The highest BCUT2D eigenvalue weighted by Gasteiger charge is 2.61. The van der Waals surface area contributed by atoms with Crippen LogP contribution in [-0.4, -0.2) is 55.1 Å². The number of Topliss-reactive ketones (excluding diaryl/α,β-unsaturated/α-hetero) is 1. The second kappa shape index (κ2) is 8.40. The quantitative estimate of drug-likeness (QED) is 0.429. The molecule has 2 aromatic carbocycles. The second-order valence-electron chi connectivity index (χ2n) is 7.17. The lowest BCUT2D eigenvalue weighted by molar-refractivity contribution is -0.0858. The van der Waals surface area contributed by atoms with E-state index in [4.69, 9.17) is 4.74 Å². The molecule has 1 fully saturated rings. The Labute approximate surface area is 177 Å². The first-order valence-corrected chi connectivity index (χ1v) is 9.63. The summed E-state index contributed by atoms with van der Waals surface area (Å²) in [6.45, 7) is -0.655. The zero-order valence-electron chi connectivity index (χ0n) is 16.3. The fourth-order valence-electron chi connectivity index (χ4n) is 3.59. The number of aromatic nitrogens is 2. The first kappa shape index (κ1) is 20.9. The number of ether oxygens (including phenoxy) is 1. The van der Waals surface area contributed by atoms with Gasteiger partial charge >= 0.3 is 5.69 Å². The number of nitrogens with zero attached hydrogens (tertiary/aromatic N) is 2. The van der Waals surface area contributed by atoms with Crippen molar-refractivity contribution in [3.8, 4) is 0 Å². The van der Waals surface area contributed by atoms with Gasteiger partial charge in [-0.1, -0.05) is 48.5 Å². The molecule has 1 aliphatic rings. The number of carbonyl (C=O) groups is 1. The summed E-state index contributed by atoms with van der Waals surface area (Å²) in [7, 11) is 0. The molecule has 1 aliphatic heterocycles. The largest absolute Gasteiger partial charge is 0.394 e. The molecule has 4 atom stereocenters. The molecule has 1 aromatic heterocycles. The van der Waals surface area contributed by atoms with Gasteiger partial charge in [0, 0.05) is 17.4 Å². The number of para-hydroxylation sites is 1. The van der Waals surface area contributed by atoms with Gasteiger partial charge in [-0.3, -0.25) is 9.36 Å². The number of aliphatic hydroxyl groups excluding tert-OH is 2. The third kappa shape index (κ3) is 3.75. The molecular weight excluding hydrogens is 402 g/mol. The second-order valence-corrected chi connectivity index (χ2v) is 7.17. The molecule has 0 radical (unpaired) electrons. The number of ketones is 1. The molecule has 0 spiro atoms. The maximum atomic E-state index is 13.1. The van der Waals surface area contributed by atoms with Crippen molar-refractivity contribution in [2.45, 2.75) is 24.0 Å². The fourth-order valence-corrected chi connectivity index (χ4v) is 3.59. The van der Waals surface area contributed by atoms with Crippen LogP contribution in [0, 0.1) is 0 Å². The van der Waals surface area contributed by atoms with E-state index in [0.717, 1.165) is 10.3 Å². The summed E-state index contributed by atoms with van der Waals surface area (Å²) < 4.78 is 6.46. The van der Waals surface area contributed by atoms with Gasteiger partial charge in [0.25, 0.3) is 0 Å². The highest BCUT2D eigenvalue weighted by molar-refractivity contribution is 6.03. The van der Waals surface area contributed by atoms with E-state index in [1.807, 2.05) is 18.2 Å². The molecule has 0 unspecified atom stereocenters. The van der Waals surface area contributed by atoms with E-state index in [-0.39, 0.29) is 11.4 Å². The monoisotopic (exact) mass is 423 g/mol. The topological polar surface area (TPSA) is 134 Å². The molecule has 4 rings (SSSR count). The van der Waals surface area contributed by atoms with Crippen LogP contribution in [0.25, 0.3) is 0 Å². The number of anilines is 2. The molecule has 160 valence electrons. The van der Waals surface area contributed by atoms with Crippen LogP contribution in [-0.2, 0) is 4.74 Å². The molecular formula is C22H21N3O6. The standard InChI is InChI=1S/C22H21N3O6/c26-13-16-19(28)22(30,18(27)14-7-3-1-4-8-14)20(31-16)25-12-11-17(24-21(25)29)23-15-9-5-2-6-10-15/h1-12,16,19-20,26,28,30H,13H2,(H,23,24,29)/t16-,19-,20-,22+/m1/s1. The molecule has 9 nitrogen and oxygen atoms in total. The summed E-state index contributed by atoms with van der Waals surface area (Å²) in [6.07, 6.45) is -3.31. The highest BCUT2D eigenvalue weighted by Crippen LogP contribution is 2.40. The van der Waals surface area contributed by atoms with Crippen LogP contribution in [0.5, 0.6) is 0 Å². The number of nitrogens with one attached hydrogen (secondary N) is 1. The molecule has 0 amide bonds. The minimum atomic E-state index is -2.51. The third-order valence-electron chi connectivity index (χ3n) is 5.19. The van der Waals surface area contributed by atoms with Gasteiger partial charge in [-0.15, -0.1) is 0 Å². The lowest BCUT2D eigenvalue weighted by Gasteiger charge is -2.30. The van der Waals surface area contributed by atoms with Gasteiger partial charge in [-0.2, -0.15) is 4.98 Å². The maximum absolute atomic E-state index is 13.1. The van der Waals surface area contributed by atoms with E-state index < -0.39 is 42.1 Å². The molecule has 0 bridgehead atoms.